The van der Waals surface area contributed by atoms with Crippen molar-refractivity contribution in [1.82, 2.24) is 10.2 Å². The molecular weight excluding hydrogens is 368 g/mol. The van der Waals surface area contributed by atoms with Crippen molar-refractivity contribution >= 4 is 11.8 Å². The quantitative estimate of drug-likeness (QED) is 0.667. The van der Waals surface area contributed by atoms with Crippen LogP contribution in [0, 0.1) is 5.92 Å². The Morgan fingerprint density at radius 1 is 1.00 bits per heavy atom. The summed E-state index contributed by atoms with van der Waals surface area (Å²) in [6, 6.07) is 16.0. The second kappa shape index (κ2) is 11.1. The van der Waals surface area contributed by atoms with Gasteiger partial charge in [-0.15, -0.1) is 0 Å². The maximum Gasteiger partial charge on any atom is 0.261 e. The van der Waals surface area contributed by atoms with Gasteiger partial charge in [-0.25, -0.2) is 0 Å². The molecule has 0 spiro atoms. The number of nitrogens with zero attached hydrogens (tertiary/aromatic N) is 1. The highest BCUT2D eigenvalue weighted by Gasteiger charge is 2.26. The Bertz CT molecular complexity index is 792. The first-order chi connectivity index (χ1) is 13.9. The summed E-state index contributed by atoms with van der Waals surface area (Å²) in [7, 11) is 1.59. The van der Waals surface area contributed by atoms with E-state index < -0.39 is 6.04 Å². The highest BCUT2D eigenvalue weighted by molar-refractivity contribution is 5.87. The number of ether oxygens (including phenoxy) is 2. The molecule has 0 heterocycles. The zero-order valence-corrected chi connectivity index (χ0v) is 17.6. The van der Waals surface area contributed by atoms with Crippen LogP contribution in [0.25, 0.3) is 0 Å². The Balaban J connectivity index is 2.14. The molecule has 0 radical (unpaired) electrons. The van der Waals surface area contributed by atoms with E-state index >= 15 is 0 Å². The molecule has 0 fully saturated rings. The van der Waals surface area contributed by atoms with Gasteiger partial charge in [-0.2, -0.15) is 0 Å². The number of rotatable bonds is 10. The van der Waals surface area contributed by atoms with Gasteiger partial charge in [0.05, 0.1) is 7.11 Å². The van der Waals surface area contributed by atoms with Crippen LogP contribution in [0.4, 0.5) is 0 Å². The summed E-state index contributed by atoms with van der Waals surface area (Å²) in [5.74, 6) is 1.19. The van der Waals surface area contributed by atoms with E-state index in [0.717, 1.165) is 5.56 Å². The lowest BCUT2D eigenvalue weighted by molar-refractivity contribution is -0.142. The smallest absolute Gasteiger partial charge is 0.261 e. The minimum atomic E-state index is -0.633. The van der Waals surface area contributed by atoms with Gasteiger partial charge < -0.3 is 19.7 Å². The van der Waals surface area contributed by atoms with Gasteiger partial charge in [0.25, 0.3) is 5.91 Å². The SMILES string of the molecule is COc1cccc(CN(C(=O)COc2ccccc2)C(C)C(=O)NCC(C)C)c1. The first-order valence-corrected chi connectivity index (χ1v) is 9.78. The molecule has 2 rings (SSSR count). The second-order valence-corrected chi connectivity index (χ2v) is 7.29. The normalized spacial score (nSPS) is 11.6. The molecule has 29 heavy (non-hydrogen) atoms. The number of amides is 2. The van der Waals surface area contributed by atoms with Crippen LogP contribution in [-0.2, 0) is 16.1 Å². The summed E-state index contributed by atoms with van der Waals surface area (Å²) in [5.41, 5.74) is 0.876. The van der Waals surface area contributed by atoms with Crippen molar-refractivity contribution in [2.75, 3.05) is 20.3 Å². The number of nitrogens with one attached hydrogen (secondary N) is 1. The largest absolute Gasteiger partial charge is 0.497 e. The van der Waals surface area contributed by atoms with E-state index in [-0.39, 0.29) is 25.0 Å². The fourth-order valence-corrected chi connectivity index (χ4v) is 2.75. The Kier molecular flexibility index (Phi) is 8.52. The minimum Gasteiger partial charge on any atom is -0.497 e. The number of hydrogen-bond acceptors (Lipinski definition) is 4. The van der Waals surface area contributed by atoms with E-state index in [0.29, 0.717) is 24.0 Å². The molecule has 0 aromatic heterocycles. The van der Waals surface area contributed by atoms with Gasteiger partial charge in [0.2, 0.25) is 5.91 Å². The fourth-order valence-electron chi connectivity index (χ4n) is 2.75. The third-order valence-corrected chi connectivity index (χ3v) is 4.44. The van der Waals surface area contributed by atoms with Crippen LogP contribution in [0.1, 0.15) is 26.3 Å². The molecule has 6 heteroatoms. The van der Waals surface area contributed by atoms with Crippen LogP contribution < -0.4 is 14.8 Å². The predicted molar refractivity (Wildman–Crippen MR) is 113 cm³/mol. The number of carbonyl (C=O) groups excluding carboxylic acids is 2. The standard InChI is InChI=1S/C23H30N2O4/c1-17(2)14-24-23(27)18(3)25(15-19-9-8-12-21(13-19)28-4)22(26)16-29-20-10-6-5-7-11-20/h5-13,17-18H,14-16H2,1-4H3,(H,24,27). The van der Waals surface area contributed by atoms with E-state index in [1.165, 1.54) is 4.90 Å². The molecule has 1 N–H and O–H groups in total. The maximum atomic E-state index is 12.9. The van der Waals surface area contributed by atoms with Gasteiger partial charge in [0, 0.05) is 13.1 Å². The molecule has 6 nitrogen and oxygen atoms in total. The minimum absolute atomic E-state index is 0.143. The first kappa shape index (κ1) is 22.3. The average molecular weight is 399 g/mol. The molecule has 0 saturated carbocycles. The van der Waals surface area contributed by atoms with Crippen LogP contribution >= 0.6 is 0 Å². The summed E-state index contributed by atoms with van der Waals surface area (Å²) in [4.78, 5) is 27.1. The van der Waals surface area contributed by atoms with Crippen molar-refractivity contribution in [3.05, 3.63) is 60.2 Å². The number of hydrogen-bond donors (Lipinski definition) is 1. The third-order valence-electron chi connectivity index (χ3n) is 4.44. The van der Waals surface area contributed by atoms with Crippen molar-refractivity contribution in [1.29, 1.82) is 0 Å². The number of methoxy groups -OCH3 is 1. The fraction of sp³-hybridized carbons (Fsp3) is 0.391. The molecule has 0 aliphatic carbocycles. The monoisotopic (exact) mass is 398 g/mol. The molecule has 2 aromatic rings. The molecular formula is C23H30N2O4. The zero-order chi connectivity index (χ0) is 21.2. The third kappa shape index (κ3) is 7.14. The summed E-state index contributed by atoms with van der Waals surface area (Å²) in [6.45, 7) is 6.48. The topological polar surface area (TPSA) is 67.9 Å². The predicted octanol–water partition coefficient (Wildman–Crippen LogP) is 3.26. The van der Waals surface area contributed by atoms with Crippen molar-refractivity contribution in [3.63, 3.8) is 0 Å². The zero-order valence-electron chi connectivity index (χ0n) is 17.6. The number of benzene rings is 2. The lowest BCUT2D eigenvalue weighted by atomic mass is 10.1. The van der Waals surface area contributed by atoms with E-state index in [1.807, 2.05) is 56.3 Å². The van der Waals surface area contributed by atoms with Crippen LogP contribution in [0.5, 0.6) is 11.5 Å². The molecule has 1 atom stereocenters. The second-order valence-electron chi connectivity index (χ2n) is 7.29. The molecule has 0 saturated heterocycles. The summed E-state index contributed by atoms with van der Waals surface area (Å²) >= 11 is 0. The van der Waals surface area contributed by atoms with Crippen LogP contribution in [0.3, 0.4) is 0 Å². The molecule has 2 amide bonds. The molecule has 0 aliphatic rings. The lowest BCUT2D eigenvalue weighted by Gasteiger charge is -2.29. The molecule has 0 aliphatic heterocycles. The van der Waals surface area contributed by atoms with Crippen molar-refractivity contribution in [2.45, 2.75) is 33.4 Å². The van der Waals surface area contributed by atoms with E-state index in [2.05, 4.69) is 5.32 Å². The van der Waals surface area contributed by atoms with Crippen molar-refractivity contribution in [2.24, 2.45) is 5.92 Å². The summed E-state index contributed by atoms with van der Waals surface area (Å²) in [5, 5.41) is 2.90. The van der Waals surface area contributed by atoms with Gasteiger partial charge >= 0.3 is 0 Å². The molecule has 156 valence electrons. The van der Waals surface area contributed by atoms with Gasteiger partial charge in [0.1, 0.15) is 17.5 Å². The highest BCUT2D eigenvalue weighted by atomic mass is 16.5. The Hall–Kier alpha value is -3.02. The summed E-state index contributed by atoms with van der Waals surface area (Å²) in [6.07, 6.45) is 0. The Labute approximate surface area is 172 Å². The van der Waals surface area contributed by atoms with Crippen LogP contribution in [-0.4, -0.2) is 43.0 Å². The maximum absolute atomic E-state index is 12.9. The first-order valence-electron chi connectivity index (χ1n) is 9.78. The van der Waals surface area contributed by atoms with Crippen LogP contribution in [0.15, 0.2) is 54.6 Å². The lowest BCUT2D eigenvalue weighted by Crippen LogP contribution is -2.49. The van der Waals surface area contributed by atoms with E-state index in [9.17, 15) is 9.59 Å². The van der Waals surface area contributed by atoms with Gasteiger partial charge in [-0.3, -0.25) is 9.59 Å². The van der Waals surface area contributed by atoms with Crippen molar-refractivity contribution < 1.29 is 19.1 Å². The van der Waals surface area contributed by atoms with Gasteiger partial charge in [0.15, 0.2) is 6.61 Å². The average Bonchev–Trinajstić information content (AvgIpc) is 2.74. The van der Waals surface area contributed by atoms with E-state index in [1.54, 1.807) is 26.2 Å². The van der Waals surface area contributed by atoms with Crippen LogP contribution in [0.2, 0.25) is 0 Å². The molecule has 0 bridgehead atoms. The Morgan fingerprint density at radius 3 is 2.34 bits per heavy atom. The molecule has 2 aromatic carbocycles. The van der Waals surface area contributed by atoms with Crippen molar-refractivity contribution in [3.8, 4) is 11.5 Å². The summed E-state index contributed by atoms with van der Waals surface area (Å²) < 4.78 is 10.9. The number of carbonyl (C=O) groups is 2. The number of para-hydroxylation sites is 1. The highest BCUT2D eigenvalue weighted by Crippen LogP contribution is 2.17. The Morgan fingerprint density at radius 2 is 1.69 bits per heavy atom. The van der Waals surface area contributed by atoms with Gasteiger partial charge in [-0.1, -0.05) is 44.2 Å². The van der Waals surface area contributed by atoms with Gasteiger partial charge in [-0.05, 0) is 42.7 Å². The molecule has 1 unspecified atom stereocenters. The van der Waals surface area contributed by atoms with E-state index in [4.69, 9.17) is 9.47 Å².